The predicted octanol–water partition coefficient (Wildman–Crippen LogP) is 0.383. The molecule has 1 aliphatic rings. The number of rotatable bonds is 4. The molecule has 1 fully saturated rings. The Balaban J connectivity index is 2.15. The minimum absolute atomic E-state index is 0.230. The number of nitrogens with one attached hydrogen (secondary N) is 1. The Morgan fingerprint density at radius 2 is 2.17 bits per heavy atom. The van der Waals surface area contributed by atoms with Crippen LogP contribution in [0.5, 0.6) is 0 Å². The average Bonchev–Trinajstić information content (AvgIpc) is 2.15. The van der Waals surface area contributed by atoms with E-state index in [4.69, 9.17) is 9.84 Å². The lowest BCUT2D eigenvalue weighted by atomic mass is 9.93. The largest absolute Gasteiger partial charge is 0.395 e. The second-order valence-corrected chi connectivity index (χ2v) is 3.42. The van der Waals surface area contributed by atoms with Gasteiger partial charge in [0.1, 0.15) is 0 Å². The number of hydrogen-bond acceptors (Lipinski definition) is 3. The molecule has 0 aliphatic carbocycles. The molecule has 1 heterocycles. The van der Waals surface area contributed by atoms with Crippen molar-refractivity contribution in [2.24, 2.45) is 5.92 Å². The van der Waals surface area contributed by atoms with Crippen LogP contribution in [0.15, 0.2) is 0 Å². The normalized spacial score (nSPS) is 22.5. The number of aliphatic hydroxyl groups excluding tert-OH is 1. The Kier molecular flexibility index (Phi) is 4.58. The molecule has 0 radical (unpaired) electrons. The predicted molar refractivity (Wildman–Crippen MR) is 48.1 cm³/mol. The van der Waals surface area contributed by atoms with Crippen molar-refractivity contribution >= 4 is 0 Å². The standard InChI is InChI=1S/C9H19NO2/c1-8(10-4-5-11)9-2-6-12-7-3-9/h8-11H,2-7H2,1H3. The van der Waals surface area contributed by atoms with Crippen LogP contribution >= 0.6 is 0 Å². The molecule has 1 atom stereocenters. The molecule has 1 aliphatic heterocycles. The molecular formula is C9H19NO2. The highest BCUT2D eigenvalue weighted by molar-refractivity contribution is 4.74. The van der Waals surface area contributed by atoms with Gasteiger partial charge in [-0.2, -0.15) is 0 Å². The first-order valence-corrected chi connectivity index (χ1v) is 4.76. The number of aliphatic hydroxyl groups is 1. The first-order valence-electron chi connectivity index (χ1n) is 4.76. The lowest BCUT2D eigenvalue weighted by molar-refractivity contribution is 0.0554. The smallest absolute Gasteiger partial charge is 0.0556 e. The summed E-state index contributed by atoms with van der Waals surface area (Å²) in [5.74, 6) is 0.727. The van der Waals surface area contributed by atoms with Crippen molar-refractivity contribution < 1.29 is 9.84 Å². The van der Waals surface area contributed by atoms with Gasteiger partial charge in [0.05, 0.1) is 6.61 Å². The SMILES string of the molecule is CC(NCCO)C1CCOCC1. The molecule has 0 amide bonds. The van der Waals surface area contributed by atoms with Crippen LogP contribution in [0.2, 0.25) is 0 Å². The molecular weight excluding hydrogens is 154 g/mol. The van der Waals surface area contributed by atoms with Crippen LogP contribution in [0.1, 0.15) is 19.8 Å². The van der Waals surface area contributed by atoms with Crippen molar-refractivity contribution in [1.29, 1.82) is 0 Å². The van der Waals surface area contributed by atoms with Gasteiger partial charge < -0.3 is 15.2 Å². The summed E-state index contributed by atoms with van der Waals surface area (Å²) in [6.07, 6.45) is 2.30. The zero-order chi connectivity index (χ0) is 8.81. The average molecular weight is 173 g/mol. The van der Waals surface area contributed by atoms with E-state index >= 15 is 0 Å². The fourth-order valence-electron chi connectivity index (χ4n) is 1.67. The summed E-state index contributed by atoms with van der Waals surface area (Å²) >= 11 is 0. The summed E-state index contributed by atoms with van der Waals surface area (Å²) in [7, 11) is 0. The Morgan fingerprint density at radius 1 is 1.50 bits per heavy atom. The molecule has 3 nitrogen and oxygen atoms in total. The molecule has 0 saturated carbocycles. The lowest BCUT2D eigenvalue weighted by Crippen LogP contribution is -2.38. The van der Waals surface area contributed by atoms with Crippen molar-refractivity contribution in [2.75, 3.05) is 26.4 Å². The molecule has 0 aromatic rings. The molecule has 1 rings (SSSR count). The molecule has 2 N–H and O–H groups in total. The van der Waals surface area contributed by atoms with Gasteiger partial charge in [-0.1, -0.05) is 0 Å². The minimum Gasteiger partial charge on any atom is -0.395 e. The van der Waals surface area contributed by atoms with Crippen LogP contribution in [-0.4, -0.2) is 37.5 Å². The molecule has 1 unspecified atom stereocenters. The number of hydrogen-bond donors (Lipinski definition) is 2. The van der Waals surface area contributed by atoms with Crippen LogP contribution in [0.3, 0.4) is 0 Å². The fourth-order valence-corrected chi connectivity index (χ4v) is 1.67. The quantitative estimate of drug-likeness (QED) is 0.646. The first-order chi connectivity index (χ1) is 5.84. The molecule has 12 heavy (non-hydrogen) atoms. The summed E-state index contributed by atoms with van der Waals surface area (Å²) in [4.78, 5) is 0. The fraction of sp³-hybridized carbons (Fsp3) is 1.00. The topological polar surface area (TPSA) is 41.5 Å². The van der Waals surface area contributed by atoms with E-state index in [2.05, 4.69) is 12.2 Å². The van der Waals surface area contributed by atoms with Crippen molar-refractivity contribution in [1.82, 2.24) is 5.32 Å². The van der Waals surface area contributed by atoms with Gasteiger partial charge in [0.15, 0.2) is 0 Å². The van der Waals surface area contributed by atoms with Crippen molar-refractivity contribution in [3.05, 3.63) is 0 Å². The van der Waals surface area contributed by atoms with E-state index in [1.54, 1.807) is 0 Å². The third kappa shape index (κ3) is 3.09. The van der Waals surface area contributed by atoms with Crippen LogP contribution in [0.25, 0.3) is 0 Å². The Bertz CT molecular complexity index is 113. The molecule has 0 spiro atoms. The van der Waals surface area contributed by atoms with E-state index in [9.17, 15) is 0 Å². The molecule has 0 aromatic carbocycles. The maximum atomic E-state index is 8.63. The van der Waals surface area contributed by atoms with E-state index in [0.717, 1.165) is 32.0 Å². The molecule has 3 heteroatoms. The Hall–Kier alpha value is -0.120. The van der Waals surface area contributed by atoms with Gasteiger partial charge in [-0.05, 0) is 25.7 Å². The molecule has 0 aromatic heterocycles. The van der Waals surface area contributed by atoms with Gasteiger partial charge in [0, 0.05) is 25.8 Å². The van der Waals surface area contributed by atoms with E-state index in [1.807, 2.05) is 0 Å². The van der Waals surface area contributed by atoms with E-state index < -0.39 is 0 Å². The van der Waals surface area contributed by atoms with Crippen LogP contribution in [-0.2, 0) is 4.74 Å². The highest BCUT2D eigenvalue weighted by Crippen LogP contribution is 2.18. The molecule has 1 saturated heterocycles. The lowest BCUT2D eigenvalue weighted by Gasteiger charge is -2.28. The third-order valence-corrected chi connectivity index (χ3v) is 2.55. The van der Waals surface area contributed by atoms with Crippen molar-refractivity contribution in [3.63, 3.8) is 0 Å². The van der Waals surface area contributed by atoms with Gasteiger partial charge in [-0.25, -0.2) is 0 Å². The van der Waals surface area contributed by atoms with Gasteiger partial charge in [-0.15, -0.1) is 0 Å². The Morgan fingerprint density at radius 3 is 2.75 bits per heavy atom. The summed E-state index contributed by atoms with van der Waals surface area (Å²) in [5.41, 5.74) is 0. The maximum absolute atomic E-state index is 8.63. The van der Waals surface area contributed by atoms with Gasteiger partial charge >= 0.3 is 0 Å². The molecule has 72 valence electrons. The first kappa shape index (κ1) is 9.96. The summed E-state index contributed by atoms with van der Waals surface area (Å²) < 4.78 is 5.28. The van der Waals surface area contributed by atoms with E-state index in [-0.39, 0.29) is 6.61 Å². The zero-order valence-electron chi connectivity index (χ0n) is 7.75. The van der Waals surface area contributed by atoms with Gasteiger partial charge in [0.2, 0.25) is 0 Å². The van der Waals surface area contributed by atoms with E-state index in [1.165, 1.54) is 0 Å². The molecule has 0 bridgehead atoms. The third-order valence-electron chi connectivity index (χ3n) is 2.55. The second kappa shape index (κ2) is 5.51. The zero-order valence-corrected chi connectivity index (χ0v) is 7.75. The van der Waals surface area contributed by atoms with Gasteiger partial charge in [-0.3, -0.25) is 0 Å². The second-order valence-electron chi connectivity index (χ2n) is 3.42. The van der Waals surface area contributed by atoms with Crippen LogP contribution in [0.4, 0.5) is 0 Å². The highest BCUT2D eigenvalue weighted by Gasteiger charge is 2.19. The summed E-state index contributed by atoms with van der Waals surface area (Å²) in [6.45, 7) is 4.92. The monoisotopic (exact) mass is 173 g/mol. The van der Waals surface area contributed by atoms with E-state index in [0.29, 0.717) is 12.6 Å². The summed E-state index contributed by atoms with van der Waals surface area (Å²) in [5, 5.41) is 11.9. The van der Waals surface area contributed by atoms with Crippen LogP contribution in [0, 0.1) is 5.92 Å². The number of ether oxygens (including phenoxy) is 1. The van der Waals surface area contributed by atoms with Crippen molar-refractivity contribution in [3.8, 4) is 0 Å². The maximum Gasteiger partial charge on any atom is 0.0556 e. The van der Waals surface area contributed by atoms with Crippen molar-refractivity contribution in [2.45, 2.75) is 25.8 Å². The summed E-state index contributed by atoms with van der Waals surface area (Å²) in [6, 6.07) is 0.515. The minimum atomic E-state index is 0.230. The highest BCUT2D eigenvalue weighted by atomic mass is 16.5. The van der Waals surface area contributed by atoms with Crippen LogP contribution < -0.4 is 5.32 Å². The Labute approximate surface area is 74.1 Å². The van der Waals surface area contributed by atoms with Gasteiger partial charge in [0.25, 0.3) is 0 Å².